The number of Topliss-reactive ketones (excluding diaryl/α,β-unsaturated/α-hetero) is 1. The van der Waals surface area contributed by atoms with Gasteiger partial charge in [-0.1, -0.05) is 48.5 Å². The Kier molecular flexibility index (Phi) is 5.72. The summed E-state index contributed by atoms with van der Waals surface area (Å²) in [6.07, 6.45) is 0. The van der Waals surface area contributed by atoms with Gasteiger partial charge in [0.05, 0.1) is 18.3 Å². The predicted molar refractivity (Wildman–Crippen MR) is 108 cm³/mol. The van der Waals surface area contributed by atoms with Crippen molar-refractivity contribution in [2.75, 3.05) is 20.1 Å². The number of carbonyl (C=O) groups is 2. The lowest BCUT2D eigenvalue weighted by Gasteiger charge is -2.15. The minimum absolute atomic E-state index is 0.0288. The van der Waals surface area contributed by atoms with E-state index in [0.717, 1.165) is 27.1 Å². The van der Waals surface area contributed by atoms with E-state index >= 15 is 0 Å². The Hall–Kier alpha value is -2.92. The number of nitrogens with one attached hydrogen (secondary N) is 3. The van der Waals surface area contributed by atoms with Crippen molar-refractivity contribution in [1.29, 1.82) is 0 Å². The molecule has 0 bridgehead atoms. The highest BCUT2D eigenvalue weighted by Gasteiger charge is 2.23. The van der Waals surface area contributed by atoms with Gasteiger partial charge in [0, 0.05) is 16.9 Å². The van der Waals surface area contributed by atoms with Crippen LogP contribution in [0.2, 0.25) is 0 Å². The van der Waals surface area contributed by atoms with Crippen molar-refractivity contribution >= 4 is 22.6 Å². The van der Waals surface area contributed by atoms with E-state index in [2.05, 4.69) is 10.3 Å². The van der Waals surface area contributed by atoms with Crippen molar-refractivity contribution in [2.24, 2.45) is 0 Å². The topological polar surface area (TPSA) is 66.4 Å². The van der Waals surface area contributed by atoms with Gasteiger partial charge in [-0.15, -0.1) is 0 Å². The lowest BCUT2D eigenvalue weighted by molar-refractivity contribution is -0.862. The molecule has 0 aliphatic carbocycles. The molecule has 0 saturated carbocycles. The molecule has 5 nitrogen and oxygen atoms in total. The minimum atomic E-state index is -0.0440. The van der Waals surface area contributed by atoms with Gasteiger partial charge in [0.15, 0.2) is 6.54 Å². The number of ketones is 1. The van der Waals surface area contributed by atoms with Gasteiger partial charge in [-0.25, -0.2) is 0 Å². The van der Waals surface area contributed by atoms with Crippen LogP contribution in [-0.2, 0) is 4.79 Å². The number of likely N-dealkylation sites (N-methyl/N-ethyl adjacent to an activating group) is 1. The zero-order chi connectivity index (χ0) is 19.4. The van der Waals surface area contributed by atoms with E-state index in [1.54, 1.807) is 0 Å². The minimum Gasteiger partial charge on any atom is -0.354 e. The number of benzene rings is 2. The maximum Gasteiger partial charge on any atom is 0.275 e. The summed E-state index contributed by atoms with van der Waals surface area (Å²) in [7, 11) is 1.87. The Labute approximate surface area is 159 Å². The van der Waals surface area contributed by atoms with Crippen molar-refractivity contribution in [3.8, 4) is 11.3 Å². The fourth-order valence-corrected chi connectivity index (χ4v) is 3.32. The zero-order valence-electron chi connectivity index (χ0n) is 16.0. The molecule has 27 heavy (non-hydrogen) atoms. The molecule has 0 fully saturated rings. The standard InChI is InChI=1S/C22H25N3O2/c1-15(2)23-20(27)14-25(3)13-19(26)21-17-11-7-8-12-18(17)24-22(21)16-9-5-4-6-10-16/h4-12,15,24H,13-14H2,1-3H3,(H,23,27)/p+1. The molecule has 3 aromatic rings. The molecular formula is C22H26N3O2+. The Morgan fingerprint density at radius 3 is 2.37 bits per heavy atom. The Balaban J connectivity index is 1.89. The van der Waals surface area contributed by atoms with Crippen molar-refractivity contribution < 1.29 is 14.5 Å². The number of para-hydroxylation sites is 1. The van der Waals surface area contributed by atoms with Crippen LogP contribution >= 0.6 is 0 Å². The molecule has 1 atom stereocenters. The first-order chi connectivity index (χ1) is 13.0. The molecule has 1 amide bonds. The number of quaternary nitrogens is 1. The van der Waals surface area contributed by atoms with Crippen molar-refractivity contribution in [1.82, 2.24) is 10.3 Å². The fourth-order valence-electron chi connectivity index (χ4n) is 3.32. The number of carbonyl (C=O) groups excluding carboxylic acids is 2. The molecule has 3 rings (SSSR count). The number of rotatable bonds is 7. The highest BCUT2D eigenvalue weighted by Crippen LogP contribution is 2.30. The van der Waals surface area contributed by atoms with Gasteiger partial charge in [-0.05, 0) is 25.5 Å². The number of amides is 1. The first-order valence-electron chi connectivity index (χ1n) is 9.25. The second kappa shape index (κ2) is 8.18. The van der Waals surface area contributed by atoms with Crippen LogP contribution in [0.5, 0.6) is 0 Å². The van der Waals surface area contributed by atoms with Gasteiger partial charge in [-0.3, -0.25) is 9.59 Å². The van der Waals surface area contributed by atoms with E-state index in [1.165, 1.54) is 0 Å². The second-order valence-electron chi connectivity index (χ2n) is 7.24. The number of H-pyrrole nitrogens is 1. The summed E-state index contributed by atoms with van der Waals surface area (Å²) in [5.41, 5.74) is 3.45. The van der Waals surface area contributed by atoms with Gasteiger partial charge in [0.2, 0.25) is 5.78 Å². The third-order valence-corrected chi connectivity index (χ3v) is 4.42. The third kappa shape index (κ3) is 4.44. The molecule has 1 heterocycles. The molecule has 1 unspecified atom stereocenters. The molecule has 140 valence electrons. The lowest BCUT2D eigenvalue weighted by atomic mass is 10.0. The van der Waals surface area contributed by atoms with E-state index in [-0.39, 0.29) is 30.8 Å². The number of fused-ring (bicyclic) bond motifs is 1. The smallest absolute Gasteiger partial charge is 0.275 e. The van der Waals surface area contributed by atoms with Gasteiger partial charge in [0.1, 0.15) is 6.54 Å². The van der Waals surface area contributed by atoms with E-state index in [9.17, 15) is 9.59 Å². The molecule has 3 N–H and O–H groups in total. The molecule has 0 aliphatic rings. The highest BCUT2D eigenvalue weighted by atomic mass is 16.2. The number of aromatic amines is 1. The number of hydrogen-bond donors (Lipinski definition) is 3. The maximum absolute atomic E-state index is 13.2. The molecule has 2 aromatic carbocycles. The van der Waals surface area contributed by atoms with Crippen LogP contribution in [0.3, 0.4) is 0 Å². The SMILES string of the molecule is CC(C)NC(=O)C[NH+](C)CC(=O)c1c(-c2ccccc2)[nH]c2ccccc12. The van der Waals surface area contributed by atoms with Crippen molar-refractivity contribution in [3.05, 3.63) is 60.2 Å². The summed E-state index contributed by atoms with van der Waals surface area (Å²) >= 11 is 0. The Bertz CT molecular complexity index is 945. The van der Waals surface area contributed by atoms with Crippen molar-refractivity contribution in [2.45, 2.75) is 19.9 Å². The van der Waals surface area contributed by atoms with Crippen LogP contribution in [0.25, 0.3) is 22.2 Å². The quantitative estimate of drug-likeness (QED) is 0.562. The van der Waals surface area contributed by atoms with Gasteiger partial charge in [-0.2, -0.15) is 0 Å². The monoisotopic (exact) mass is 364 g/mol. The summed E-state index contributed by atoms with van der Waals surface area (Å²) in [5.74, 6) is -0.0151. The number of hydrogen-bond acceptors (Lipinski definition) is 2. The average molecular weight is 364 g/mol. The van der Waals surface area contributed by atoms with Crippen LogP contribution in [0.15, 0.2) is 54.6 Å². The summed E-state index contributed by atoms with van der Waals surface area (Å²) < 4.78 is 0. The van der Waals surface area contributed by atoms with E-state index < -0.39 is 0 Å². The van der Waals surface area contributed by atoms with Crippen LogP contribution in [-0.4, -0.2) is 42.9 Å². The molecule has 1 aromatic heterocycles. The molecule has 0 radical (unpaired) electrons. The number of aromatic nitrogens is 1. The van der Waals surface area contributed by atoms with Gasteiger partial charge < -0.3 is 15.2 Å². The Morgan fingerprint density at radius 1 is 1.00 bits per heavy atom. The summed E-state index contributed by atoms with van der Waals surface area (Å²) in [5, 5.41) is 3.79. The van der Waals surface area contributed by atoms with Crippen LogP contribution < -0.4 is 10.2 Å². The van der Waals surface area contributed by atoms with Crippen LogP contribution in [0.1, 0.15) is 24.2 Å². The fraction of sp³-hybridized carbons (Fsp3) is 0.273. The van der Waals surface area contributed by atoms with E-state index in [1.807, 2.05) is 75.5 Å². The molecule has 0 aliphatic heterocycles. The van der Waals surface area contributed by atoms with Crippen LogP contribution in [0, 0.1) is 0 Å². The summed E-state index contributed by atoms with van der Waals surface area (Å²) in [6, 6.07) is 17.8. The second-order valence-corrected chi connectivity index (χ2v) is 7.24. The van der Waals surface area contributed by atoms with Crippen LogP contribution in [0.4, 0.5) is 0 Å². The normalized spacial score (nSPS) is 12.3. The van der Waals surface area contributed by atoms with Gasteiger partial charge in [0.25, 0.3) is 5.91 Å². The largest absolute Gasteiger partial charge is 0.354 e. The molecular weight excluding hydrogens is 338 g/mol. The lowest BCUT2D eigenvalue weighted by Crippen LogP contribution is -3.11. The van der Waals surface area contributed by atoms with Gasteiger partial charge >= 0.3 is 0 Å². The van der Waals surface area contributed by atoms with Crippen molar-refractivity contribution in [3.63, 3.8) is 0 Å². The first-order valence-corrected chi connectivity index (χ1v) is 9.25. The summed E-state index contributed by atoms with van der Waals surface area (Å²) in [6.45, 7) is 4.38. The van der Waals surface area contributed by atoms with E-state index in [0.29, 0.717) is 5.56 Å². The zero-order valence-corrected chi connectivity index (χ0v) is 16.0. The molecule has 0 spiro atoms. The first kappa shape index (κ1) is 18.9. The highest BCUT2D eigenvalue weighted by molar-refractivity contribution is 6.13. The Morgan fingerprint density at radius 2 is 1.67 bits per heavy atom. The van der Waals surface area contributed by atoms with E-state index in [4.69, 9.17) is 0 Å². The average Bonchev–Trinajstić information content (AvgIpc) is 3.01. The molecule has 0 saturated heterocycles. The third-order valence-electron chi connectivity index (χ3n) is 4.42. The summed E-state index contributed by atoms with van der Waals surface area (Å²) in [4.78, 5) is 29.4. The maximum atomic E-state index is 13.2. The molecule has 5 heteroatoms. The predicted octanol–water partition coefficient (Wildman–Crippen LogP) is 2.06.